The SMILES string of the molecule is CCNC(=O)COc1ccc(CN=C(N)Nc2cccc3c2CCCC3)cc1OC.I. The summed E-state index contributed by atoms with van der Waals surface area (Å²) in [5.74, 6) is 1.27. The zero-order valence-corrected chi connectivity index (χ0v) is 20.4. The minimum Gasteiger partial charge on any atom is -0.493 e. The number of methoxy groups -OCH3 is 1. The van der Waals surface area contributed by atoms with E-state index in [9.17, 15) is 4.79 Å². The Hall–Kier alpha value is -2.49. The molecule has 0 aromatic heterocycles. The first-order valence-corrected chi connectivity index (χ1v) is 10.3. The van der Waals surface area contributed by atoms with Gasteiger partial charge in [-0.1, -0.05) is 18.2 Å². The highest BCUT2D eigenvalue weighted by Crippen LogP contribution is 2.29. The molecule has 3 rings (SSSR count). The first kappa shape index (κ1) is 24.8. The molecule has 0 heterocycles. The summed E-state index contributed by atoms with van der Waals surface area (Å²) >= 11 is 0. The quantitative estimate of drug-likeness (QED) is 0.271. The summed E-state index contributed by atoms with van der Waals surface area (Å²) in [7, 11) is 1.57. The van der Waals surface area contributed by atoms with Gasteiger partial charge in [0.2, 0.25) is 0 Å². The van der Waals surface area contributed by atoms with Gasteiger partial charge in [-0.15, -0.1) is 24.0 Å². The molecule has 4 N–H and O–H groups in total. The lowest BCUT2D eigenvalue weighted by molar-refractivity contribution is -0.123. The minimum absolute atomic E-state index is 0. The monoisotopic (exact) mass is 538 g/mol. The van der Waals surface area contributed by atoms with Gasteiger partial charge < -0.3 is 25.8 Å². The fourth-order valence-corrected chi connectivity index (χ4v) is 3.57. The lowest BCUT2D eigenvalue weighted by atomic mass is 9.90. The molecule has 0 aliphatic heterocycles. The third-order valence-electron chi connectivity index (χ3n) is 5.05. The van der Waals surface area contributed by atoms with E-state index in [0.29, 0.717) is 30.5 Å². The van der Waals surface area contributed by atoms with Crippen LogP contribution < -0.4 is 25.8 Å². The number of aliphatic imine (C=N–C) groups is 1. The molecular formula is C23H31IN4O3. The number of fused-ring (bicyclic) bond motifs is 1. The van der Waals surface area contributed by atoms with E-state index >= 15 is 0 Å². The predicted octanol–water partition coefficient (Wildman–Crippen LogP) is 3.63. The van der Waals surface area contributed by atoms with Crippen LogP contribution in [0, 0.1) is 0 Å². The van der Waals surface area contributed by atoms with Crippen molar-refractivity contribution in [2.24, 2.45) is 10.7 Å². The molecule has 0 fully saturated rings. The van der Waals surface area contributed by atoms with E-state index in [1.807, 2.05) is 19.1 Å². The van der Waals surface area contributed by atoms with Crippen LogP contribution in [0.25, 0.3) is 0 Å². The lowest BCUT2D eigenvalue weighted by Gasteiger charge is -2.19. The normalized spacial score (nSPS) is 12.9. The van der Waals surface area contributed by atoms with Crippen molar-refractivity contribution in [1.82, 2.24) is 5.32 Å². The summed E-state index contributed by atoms with van der Waals surface area (Å²) in [5, 5.41) is 5.95. The van der Waals surface area contributed by atoms with Crippen molar-refractivity contribution < 1.29 is 14.3 Å². The van der Waals surface area contributed by atoms with Crippen molar-refractivity contribution >= 4 is 41.5 Å². The van der Waals surface area contributed by atoms with Crippen molar-refractivity contribution in [3.63, 3.8) is 0 Å². The third-order valence-corrected chi connectivity index (χ3v) is 5.05. The topological polar surface area (TPSA) is 98.0 Å². The number of hydrogen-bond donors (Lipinski definition) is 3. The Bertz CT molecular complexity index is 918. The van der Waals surface area contributed by atoms with Crippen LogP contribution >= 0.6 is 24.0 Å². The number of hydrogen-bond acceptors (Lipinski definition) is 4. The third kappa shape index (κ3) is 7.02. The minimum atomic E-state index is -0.171. The number of carbonyl (C=O) groups is 1. The largest absolute Gasteiger partial charge is 0.493 e. The van der Waals surface area contributed by atoms with Crippen LogP contribution in [0.2, 0.25) is 0 Å². The highest BCUT2D eigenvalue weighted by Gasteiger charge is 2.13. The van der Waals surface area contributed by atoms with Crippen LogP contribution in [-0.4, -0.2) is 32.1 Å². The van der Waals surface area contributed by atoms with E-state index in [2.05, 4.69) is 33.8 Å². The Balaban J connectivity index is 0.00000341. The highest BCUT2D eigenvalue weighted by atomic mass is 127. The van der Waals surface area contributed by atoms with Crippen LogP contribution in [0.1, 0.15) is 36.5 Å². The number of nitrogens with two attached hydrogens (primary N) is 1. The Morgan fingerprint density at radius 1 is 1.16 bits per heavy atom. The van der Waals surface area contributed by atoms with Crippen LogP contribution in [0.3, 0.4) is 0 Å². The maximum Gasteiger partial charge on any atom is 0.257 e. The van der Waals surface area contributed by atoms with E-state index < -0.39 is 0 Å². The number of likely N-dealkylation sites (N-methyl/N-ethyl adjacent to an activating group) is 1. The molecule has 2 aromatic carbocycles. The standard InChI is InChI=1S/C23H30N4O3.HI/c1-3-25-22(28)15-30-20-12-11-16(13-21(20)29-2)14-26-23(24)27-19-10-6-8-17-7-4-5-9-18(17)19;/h6,8,10-13H,3-5,7,9,14-15H2,1-2H3,(H,25,28)(H3,24,26,27);1H. The van der Waals surface area contributed by atoms with Gasteiger partial charge in [-0.25, -0.2) is 4.99 Å². The second-order valence-corrected chi connectivity index (χ2v) is 7.20. The summed E-state index contributed by atoms with van der Waals surface area (Å²) in [5.41, 5.74) is 10.8. The van der Waals surface area contributed by atoms with E-state index in [1.165, 1.54) is 24.0 Å². The van der Waals surface area contributed by atoms with Crippen LogP contribution in [-0.2, 0) is 24.2 Å². The number of carbonyl (C=O) groups excluding carboxylic acids is 1. The van der Waals surface area contributed by atoms with Crippen molar-refractivity contribution in [2.45, 2.75) is 39.2 Å². The van der Waals surface area contributed by atoms with Gasteiger partial charge in [-0.05, 0) is 67.5 Å². The number of nitrogens with one attached hydrogen (secondary N) is 2. The number of guanidine groups is 1. The number of aryl methyl sites for hydroxylation is 1. The molecule has 1 amide bonds. The van der Waals surface area contributed by atoms with Gasteiger partial charge in [0.05, 0.1) is 13.7 Å². The average Bonchev–Trinajstić information content (AvgIpc) is 2.77. The first-order chi connectivity index (χ1) is 14.6. The van der Waals surface area contributed by atoms with Crippen LogP contribution in [0.5, 0.6) is 11.5 Å². The van der Waals surface area contributed by atoms with E-state index in [0.717, 1.165) is 24.1 Å². The highest BCUT2D eigenvalue weighted by molar-refractivity contribution is 14.0. The molecule has 0 bridgehead atoms. The van der Waals surface area contributed by atoms with E-state index in [1.54, 1.807) is 13.2 Å². The fourth-order valence-electron chi connectivity index (χ4n) is 3.57. The lowest BCUT2D eigenvalue weighted by Crippen LogP contribution is -2.28. The first-order valence-electron chi connectivity index (χ1n) is 10.3. The summed E-state index contributed by atoms with van der Waals surface area (Å²) in [6.07, 6.45) is 4.64. The number of halogens is 1. The Kier molecular flexibility index (Phi) is 9.90. The number of nitrogens with zero attached hydrogens (tertiary/aromatic N) is 1. The van der Waals surface area contributed by atoms with Gasteiger partial charge >= 0.3 is 0 Å². The number of anilines is 1. The molecular weight excluding hydrogens is 507 g/mol. The zero-order chi connectivity index (χ0) is 21.3. The molecule has 0 saturated heterocycles. The fraction of sp³-hybridized carbons (Fsp3) is 0.391. The number of amides is 1. The maximum atomic E-state index is 11.6. The Morgan fingerprint density at radius 3 is 2.74 bits per heavy atom. The van der Waals surface area contributed by atoms with Gasteiger partial charge in [0.15, 0.2) is 24.1 Å². The summed E-state index contributed by atoms with van der Waals surface area (Å²) in [4.78, 5) is 16.0. The average molecular weight is 538 g/mol. The molecule has 2 aromatic rings. The van der Waals surface area contributed by atoms with Gasteiger partial charge in [0.1, 0.15) is 0 Å². The molecule has 7 nitrogen and oxygen atoms in total. The van der Waals surface area contributed by atoms with Crippen molar-refractivity contribution in [3.8, 4) is 11.5 Å². The van der Waals surface area contributed by atoms with E-state index in [4.69, 9.17) is 15.2 Å². The second kappa shape index (κ2) is 12.4. The van der Waals surface area contributed by atoms with Crippen LogP contribution in [0.15, 0.2) is 41.4 Å². The van der Waals surface area contributed by atoms with Gasteiger partial charge in [-0.3, -0.25) is 4.79 Å². The maximum absolute atomic E-state index is 11.6. The number of rotatable bonds is 8. The molecule has 8 heteroatoms. The zero-order valence-electron chi connectivity index (χ0n) is 18.1. The van der Waals surface area contributed by atoms with Crippen molar-refractivity contribution in [3.05, 3.63) is 53.1 Å². The molecule has 168 valence electrons. The van der Waals surface area contributed by atoms with Gasteiger partial charge in [0.25, 0.3) is 5.91 Å². The molecule has 0 unspecified atom stereocenters. The Labute approximate surface area is 200 Å². The van der Waals surface area contributed by atoms with Gasteiger partial charge in [-0.2, -0.15) is 0 Å². The molecule has 1 aliphatic rings. The predicted molar refractivity (Wildman–Crippen MR) is 135 cm³/mol. The molecule has 0 atom stereocenters. The molecule has 1 aliphatic carbocycles. The smallest absolute Gasteiger partial charge is 0.257 e. The summed E-state index contributed by atoms with van der Waals surface area (Å²) in [6.45, 7) is 2.78. The summed E-state index contributed by atoms with van der Waals surface area (Å²) < 4.78 is 10.9. The van der Waals surface area contributed by atoms with Gasteiger partial charge in [0, 0.05) is 12.2 Å². The Morgan fingerprint density at radius 2 is 1.97 bits per heavy atom. The van der Waals surface area contributed by atoms with Crippen molar-refractivity contribution in [2.75, 3.05) is 25.6 Å². The van der Waals surface area contributed by atoms with E-state index in [-0.39, 0.29) is 36.5 Å². The molecule has 0 spiro atoms. The van der Waals surface area contributed by atoms with Crippen molar-refractivity contribution in [1.29, 1.82) is 0 Å². The molecule has 0 saturated carbocycles. The van der Waals surface area contributed by atoms with Crippen LogP contribution in [0.4, 0.5) is 5.69 Å². The number of benzene rings is 2. The molecule has 31 heavy (non-hydrogen) atoms. The second-order valence-electron chi connectivity index (χ2n) is 7.20. The molecule has 0 radical (unpaired) electrons. The number of ether oxygens (including phenoxy) is 2. The summed E-state index contributed by atoms with van der Waals surface area (Å²) in [6, 6.07) is 11.8.